The molecule has 3 aromatic rings. The van der Waals surface area contributed by atoms with Gasteiger partial charge in [-0.1, -0.05) is 54.6 Å². The molecule has 104 valence electrons. The Hall–Kier alpha value is -2.35. The third-order valence-electron chi connectivity index (χ3n) is 4.02. The fraction of sp³-hybridized carbons (Fsp3) is 0.211. The number of para-hydroxylation sites is 2. The molecule has 1 fully saturated rings. The Labute approximate surface area is 124 Å². The highest BCUT2D eigenvalue weighted by atomic mass is 15.1. The highest BCUT2D eigenvalue weighted by Crippen LogP contribution is 2.40. The molecule has 0 bridgehead atoms. The Bertz CT molecular complexity index is 780. The van der Waals surface area contributed by atoms with Gasteiger partial charge in [0.15, 0.2) is 0 Å². The van der Waals surface area contributed by atoms with Crippen LogP contribution < -0.4 is 0 Å². The lowest BCUT2D eigenvalue weighted by atomic mass is 10.2. The van der Waals surface area contributed by atoms with Gasteiger partial charge in [0.2, 0.25) is 0 Å². The zero-order chi connectivity index (χ0) is 14.1. The van der Waals surface area contributed by atoms with Crippen molar-refractivity contribution in [2.75, 3.05) is 0 Å². The minimum Gasteiger partial charge on any atom is -0.324 e. The van der Waals surface area contributed by atoms with Crippen molar-refractivity contribution >= 4 is 17.1 Å². The number of benzene rings is 2. The first kappa shape index (κ1) is 12.4. The monoisotopic (exact) mass is 274 g/mol. The minimum atomic E-state index is 0.669. The summed E-state index contributed by atoms with van der Waals surface area (Å²) in [5.41, 5.74) is 3.61. The molecule has 0 spiro atoms. The van der Waals surface area contributed by atoms with E-state index in [9.17, 15) is 0 Å². The largest absolute Gasteiger partial charge is 0.324 e. The van der Waals surface area contributed by atoms with Crippen LogP contribution in [-0.4, -0.2) is 9.55 Å². The summed E-state index contributed by atoms with van der Waals surface area (Å²) >= 11 is 0. The van der Waals surface area contributed by atoms with Gasteiger partial charge in [0, 0.05) is 12.5 Å². The summed E-state index contributed by atoms with van der Waals surface area (Å²) < 4.78 is 2.37. The van der Waals surface area contributed by atoms with Gasteiger partial charge in [-0.2, -0.15) is 0 Å². The lowest BCUT2D eigenvalue weighted by Gasteiger charge is -2.05. The molecule has 1 aromatic heterocycles. The van der Waals surface area contributed by atoms with Crippen molar-refractivity contribution < 1.29 is 0 Å². The maximum atomic E-state index is 4.83. The zero-order valence-electron chi connectivity index (χ0n) is 11.9. The number of imidazole rings is 1. The van der Waals surface area contributed by atoms with Gasteiger partial charge in [-0.05, 0) is 30.5 Å². The first-order valence-electron chi connectivity index (χ1n) is 7.58. The van der Waals surface area contributed by atoms with E-state index >= 15 is 0 Å². The Balaban J connectivity index is 1.66. The van der Waals surface area contributed by atoms with Crippen LogP contribution in [-0.2, 0) is 6.54 Å². The third kappa shape index (κ3) is 2.49. The molecule has 1 heterocycles. The normalized spacial score (nSPS) is 15.0. The van der Waals surface area contributed by atoms with Crippen LogP contribution in [0.5, 0.6) is 0 Å². The molecule has 0 saturated heterocycles. The lowest BCUT2D eigenvalue weighted by Crippen LogP contribution is -2.00. The minimum absolute atomic E-state index is 0.669. The highest BCUT2D eigenvalue weighted by Gasteiger charge is 2.29. The molecule has 2 heteroatoms. The van der Waals surface area contributed by atoms with E-state index in [0.29, 0.717) is 5.92 Å². The molecular weight excluding hydrogens is 256 g/mol. The van der Waals surface area contributed by atoms with Crippen LogP contribution in [0.2, 0.25) is 0 Å². The number of hydrogen-bond donors (Lipinski definition) is 0. The van der Waals surface area contributed by atoms with E-state index in [1.807, 2.05) is 6.07 Å². The molecule has 4 rings (SSSR count). The molecule has 1 aliphatic rings. The summed E-state index contributed by atoms with van der Waals surface area (Å²) in [6.45, 7) is 0.890. The maximum Gasteiger partial charge on any atom is 0.113 e. The number of rotatable bonds is 4. The maximum absolute atomic E-state index is 4.83. The van der Waals surface area contributed by atoms with Crippen LogP contribution in [0.25, 0.3) is 17.1 Å². The fourth-order valence-corrected chi connectivity index (χ4v) is 2.80. The third-order valence-corrected chi connectivity index (χ3v) is 4.02. The van der Waals surface area contributed by atoms with E-state index in [1.54, 1.807) is 0 Å². The molecule has 1 saturated carbocycles. The van der Waals surface area contributed by atoms with Crippen molar-refractivity contribution in [3.8, 4) is 0 Å². The van der Waals surface area contributed by atoms with Crippen LogP contribution in [0.1, 0.15) is 30.1 Å². The van der Waals surface area contributed by atoms with Crippen LogP contribution in [0, 0.1) is 0 Å². The fourth-order valence-electron chi connectivity index (χ4n) is 2.80. The number of allylic oxidation sites excluding steroid dienone is 1. The van der Waals surface area contributed by atoms with E-state index in [2.05, 4.69) is 65.3 Å². The number of hydrogen-bond acceptors (Lipinski definition) is 1. The average Bonchev–Trinajstić information content (AvgIpc) is 3.31. The SMILES string of the molecule is C(=C\c1ccccc1)/Cn1c(C2CC2)nc2ccccc21. The van der Waals surface area contributed by atoms with Gasteiger partial charge in [0.25, 0.3) is 0 Å². The molecule has 0 unspecified atom stereocenters. The van der Waals surface area contributed by atoms with Crippen molar-refractivity contribution in [2.45, 2.75) is 25.3 Å². The smallest absolute Gasteiger partial charge is 0.113 e. The quantitative estimate of drug-likeness (QED) is 0.678. The first-order chi connectivity index (χ1) is 10.4. The van der Waals surface area contributed by atoms with E-state index in [1.165, 1.54) is 29.7 Å². The standard InChI is InChI=1S/C19H18N2/c1-2-7-15(8-3-1)9-6-14-21-18-11-5-4-10-17(18)20-19(21)16-12-13-16/h1-11,16H,12-14H2/b9-6+. The summed E-state index contributed by atoms with van der Waals surface area (Å²) in [7, 11) is 0. The second kappa shape index (κ2) is 5.21. The molecule has 1 aliphatic carbocycles. The van der Waals surface area contributed by atoms with Crippen molar-refractivity contribution in [3.63, 3.8) is 0 Å². The van der Waals surface area contributed by atoms with E-state index in [-0.39, 0.29) is 0 Å². The van der Waals surface area contributed by atoms with Gasteiger partial charge >= 0.3 is 0 Å². The second-order valence-corrected chi connectivity index (χ2v) is 5.66. The van der Waals surface area contributed by atoms with Crippen LogP contribution in [0.15, 0.2) is 60.7 Å². The topological polar surface area (TPSA) is 17.8 Å². The van der Waals surface area contributed by atoms with Gasteiger partial charge in [0.05, 0.1) is 11.0 Å². The van der Waals surface area contributed by atoms with Crippen molar-refractivity contribution in [1.82, 2.24) is 9.55 Å². The molecule has 0 atom stereocenters. The van der Waals surface area contributed by atoms with Crippen LogP contribution in [0.3, 0.4) is 0 Å². The summed E-state index contributed by atoms with van der Waals surface area (Å²) in [5, 5.41) is 0. The molecule has 0 radical (unpaired) electrons. The summed E-state index contributed by atoms with van der Waals surface area (Å²) in [6.07, 6.45) is 6.98. The second-order valence-electron chi connectivity index (χ2n) is 5.66. The van der Waals surface area contributed by atoms with Gasteiger partial charge in [-0.3, -0.25) is 0 Å². The van der Waals surface area contributed by atoms with Crippen molar-refractivity contribution in [1.29, 1.82) is 0 Å². The predicted octanol–water partition coefficient (Wildman–Crippen LogP) is 4.63. The summed E-state index contributed by atoms with van der Waals surface area (Å²) in [6, 6.07) is 18.9. The van der Waals surface area contributed by atoms with Gasteiger partial charge < -0.3 is 4.57 Å². The Kier molecular flexibility index (Phi) is 3.07. The van der Waals surface area contributed by atoms with E-state index in [4.69, 9.17) is 4.98 Å². The van der Waals surface area contributed by atoms with Crippen LogP contribution in [0.4, 0.5) is 0 Å². The Morgan fingerprint density at radius 3 is 2.57 bits per heavy atom. The van der Waals surface area contributed by atoms with Gasteiger partial charge in [-0.25, -0.2) is 4.98 Å². The van der Waals surface area contributed by atoms with Crippen molar-refractivity contribution in [3.05, 3.63) is 72.1 Å². The summed E-state index contributed by atoms with van der Waals surface area (Å²) in [4.78, 5) is 4.83. The highest BCUT2D eigenvalue weighted by molar-refractivity contribution is 5.76. The number of nitrogens with zero attached hydrogens (tertiary/aromatic N) is 2. The van der Waals surface area contributed by atoms with Crippen LogP contribution >= 0.6 is 0 Å². The molecule has 0 amide bonds. The Morgan fingerprint density at radius 2 is 1.76 bits per heavy atom. The zero-order valence-corrected chi connectivity index (χ0v) is 11.9. The van der Waals surface area contributed by atoms with E-state index in [0.717, 1.165) is 12.1 Å². The van der Waals surface area contributed by atoms with E-state index < -0.39 is 0 Å². The molecule has 0 aliphatic heterocycles. The molecular formula is C19H18N2. The molecule has 2 nitrogen and oxygen atoms in total. The first-order valence-corrected chi connectivity index (χ1v) is 7.58. The summed E-state index contributed by atoms with van der Waals surface area (Å²) in [5.74, 6) is 1.93. The number of fused-ring (bicyclic) bond motifs is 1. The molecule has 0 N–H and O–H groups in total. The van der Waals surface area contributed by atoms with Crippen molar-refractivity contribution in [2.24, 2.45) is 0 Å². The molecule has 2 aromatic carbocycles. The Morgan fingerprint density at radius 1 is 1.00 bits per heavy atom. The predicted molar refractivity (Wildman–Crippen MR) is 87.2 cm³/mol. The lowest BCUT2D eigenvalue weighted by molar-refractivity contribution is 0.764. The number of aromatic nitrogens is 2. The van der Waals surface area contributed by atoms with Gasteiger partial charge in [-0.15, -0.1) is 0 Å². The molecule has 21 heavy (non-hydrogen) atoms. The average molecular weight is 274 g/mol. The van der Waals surface area contributed by atoms with Gasteiger partial charge in [0.1, 0.15) is 5.82 Å².